The predicted molar refractivity (Wildman–Crippen MR) is 119 cm³/mol. The van der Waals surface area contributed by atoms with Crippen molar-refractivity contribution >= 4 is 15.9 Å². The second-order valence-corrected chi connectivity index (χ2v) is 9.07. The highest BCUT2D eigenvalue weighted by Crippen LogP contribution is 2.34. The fourth-order valence-electron chi connectivity index (χ4n) is 3.71. The molecule has 2 unspecified atom stereocenters. The molecule has 2 aromatic rings. The van der Waals surface area contributed by atoms with E-state index in [0.29, 0.717) is 6.54 Å². The van der Waals surface area contributed by atoms with Crippen LogP contribution in [-0.2, 0) is 14.8 Å². The first-order chi connectivity index (χ1) is 14.5. The van der Waals surface area contributed by atoms with E-state index in [4.69, 9.17) is 0 Å². The molecular formula is C24H28N2O3S. The fraction of sp³-hybridized carbons (Fsp3) is 0.292. The van der Waals surface area contributed by atoms with Crippen molar-refractivity contribution < 1.29 is 13.2 Å². The number of rotatable bonds is 9. The zero-order chi connectivity index (χ0) is 21.4. The highest BCUT2D eigenvalue weighted by atomic mass is 32.2. The standard InChI is InChI=1S/C24H28N2O3S/c1-2-18-25-24(27)23(26-30(28,29)21-16-10-5-11-17-21)22(19-12-6-3-7-13-19)20-14-8-4-9-15-20/h3-14,16-17,20,22-23,26H,2,15,18H2,1H3,(H,25,27)/t20?,22?,23-/m0/s1. The van der Waals surface area contributed by atoms with Crippen molar-refractivity contribution in [3.63, 3.8) is 0 Å². The summed E-state index contributed by atoms with van der Waals surface area (Å²) in [4.78, 5) is 13.3. The van der Waals surface area contributed by atoms with Crippen LogP contribution in [0, 0.1) is 5.92 Å². The zero-order valence-corrected chi connectivity index (χ0v) is 17.9. The molecule has 0 heterocycles. The molecule has 3 rings (SSSR count). The Balaban J connectivity index is 2.02. The predicted octanol–water partition coefficient (Wildman–Crippen LogP) is 3.78. The van der Waals surface area contributed by atoms with Crippen molar-refractivity contribution in [2.45, 2.75) is 36.6 Å². The van der Waals surface area contributed by atoms with Gasteiger partial charge in [-0.05, 0) is 36.5 Å². The van der Waals surface area contributed by atoms with Gasteiger partial charge in [0.05, 0.1) is 4.90 Å². The largest absolute Gasteiger partial charge is 0.355 e. The number of carbonyl (C=O) groups excluding carboxylic acids is 1. The number of carbonyl (C=O) groups is 1. The van der Waals surface area contributed by atoms with Gasteiger partial charge in [0.2, 0.25) is 15.9 Å². The molecule has 2 aromatic carbocycles. The first-order valence-corrected chi connectivity index (χ1v) is 11.7. The van der Waals surface area contributed by atoms with Crippen molar-refractivity contribution in [2.75, 3.05) is 6.54 Å². The first kappa shape index (κ1) is 22.0. The Bertz CT molecular complexity index is 986. The lowest BCUT2D eigenvalue weighted by Crippen LogP contribution is -2.51. The number of hydrogen-bond donors (Lipinski definition) is 2. The van der Waals surface area contributed by atoms with E-state index in [2.05, 4.69) is 16.1 Å². The summed E-state index contributed by atoms with van der Waals surface area (Å²) in [6.07, 6.45) is 9.53. The number of nitrogens with one attached hydrogen (secondary N) is 2. The van der Waals surface area contributed by atoms with E-state index in [1.54, 1.807) is 18.2 Å². The third kappa shape index (κ3) is 5.46. The van der Waals surface area contributed by atoms with Crippen molar-refractivity contribution in [3.8, 4) is 0 Å². The van der Waals surface area contributed by atoms with Gasteiger partial charge in [0.15, 0.2) is 0 Å². The zero-order valence-electron chi connectivity index (χ0n) is 17.1. The Morgan fingerprint density at radius 3 is 2.30 bits per heavy atom. The minimum Gasteiger partial charge on any atom is -0.355 e. The van der Waals surface area contributed by atoms with Crippen LogP contribution >= 0.6 is 0 Å². The highest BCUT2D eigenvalue weighted by molar-refractivity contribution is 7.89. The van der Waals surface area contributed by atoms with Gasteiger partial charge in [-0.1, -0.05) is 79.8 Å². The molecular weight excluding hydrogens is 396 g/mol. The maximum absolute atomic E-state index is 13.2. The van der Waals surface area contributed by atoms with E-state index < -0.39 is 16.1 Å². The van der Waals surface area contributed by atoms with Crippen LogP contribution in [0.1, 0.15) is 31.2 Å². The summed E-state index contributed by atoms with van der Waals surface area (Å²) < 4.78 is 28.9. The van der Waals surface area contributed by atoms with Crippen LogP contribution in [0.5, 0.6) is 0 Å². The Kier molecular flexibility index (Phi) is 7.60. The number of hydrogen-bond acceptors (Lipinski definition) is 3. The van der Waals surface area contributed by atoms with Crippen molar-refractivity contribution in [1.82, 2.24) is 10.0 Å². The number of amides is 1. The summed E-state index contributed by atoms with van der Waals surface area (Å²) >= 11 is 0. The van der Waals surface area contributed by atoms with E-state index in [1.807, 2.05) is 55.5 Å². The van der Waals surface area contributed by atoms with Crippen LogP contribution in [0.2, 0.25) is 0 Å². The summed E-state index contributed by atoms with van der Waals surface area (Å²) in [5, 5.41) is 2.89. The minimum absolute atomic E-state index is 0.00625. The summed E-state index contributed by atoms with van der Waals surface area (Å²) in [6.45, 7) is 2.46. The number of benzene rings is 2. The summed E-state index contributed by atoms with van der Waals surface area (Å²) in [5.41, 5.74) is 0.926. The normalized spacial score (nSPS) is 18.0. The number of sulfonamides is 1. The molecule has 0 aromatic heterocycles. The maximum atomic E-state index is 13.2. The fourth-order valence-corrected chi connectivity index (χ4v) is 4.95. The van der Waals surface area contributed by atoms with E-state index in [0.717, 1.165) is 18.4 Å². The Morgan fingerprint density at radius 2 is 1.70 bits per heavy atom. The molecule has 0 aliphatic heterocycles. The molecule has 1 amide bonds. The Hall–Kier alpha value is -2.70. The van der Waals surface area contributed by atoms with Gasteiger partial charge in [-0.2, -0.15) is 4.72 Å². The van der Waals surface area contributed by atoms with Gasteiger partial charge in [0.1, 0.15) is 6.04 Å². The maximum Gasteiger partial charge on any atom is 0.241 e. The van der Waals surface area contributed by atoms with Crippen LogP contribution in [0.3, 0.4) is 0 Å². The molecule has 0 spiro atoms. The molecule has 0 saturated carbocycles. The molecule has 0 bridgehead atoms. The molecule has 0 saturated heterocycles. The van der Waals surface area contributed by atoms with Gasteiger partial charge in [0.25, 0.3) is 0 Å². The van der Waals surface area contributed by atoms with Crippen molar-refractivity contribution in [2.24, 2.45) is 5.92 Å². The Morgan fingerprint density at radius 1 is 1.03 bits per heavy atom. The average molecular weight is 425 g/mol. The van der Waals surface area contributed by atoms with Gasteiger partial charge in [-0.25, -0.2) is 8.42 Å². The molecule has 1 aliphatic rings. The molecule has 6 heteroatoms. The summed E-state index contributed by atoms with van der Waals surface area (Å²) in [7, 11) is -3.87. The van der Waals surface area contributed by atoms with Crippen molar-refractivity contribution in [1.29, 1.82) is 0 Å². The third-order valence-corrected chi connectivity index (χ3v) is 6.64. The van der Waals surface area contributed by atoms with Crippen LogP contribution in [0.4, 0.5) is 0 Å². The first-order valence-electron chi connectivity index (χ1n) is 10.3. The molecule has 0 radical (unpaired) electrons. The lowest BCUT2D eigenvalue weighted by molar-refractivity contribution is -0.123. The van der Waals surface area contributed by atoms with Crippen LogP contribution in [-0.4, -0.2) is 26.9 Å². The quantitative estimate of drug-likeness (QED) is 0.643. The second-order valence-electron chi connectivity index (χ2n) is 7.35. The molecule has 2 N–H and O–H groups in total. The van der Waals surface area contributed by atoms with E-state index >= 15 is 0 Å². The van der Waals surface area contributed by atoms with E-state index in [9.17, 15) is 13.2 Å². The van der Waals surface area contributed by atoms with Gasteiger partial charge in [0, 0.05) is 12.5 Å². The molecule has 1 aliphatic carbocycles. The van der Waals surface area contributed by atoms with Crippen LogP contribution in [0.15, 0.2) is 89.9 Å². The van der Waals surface area contributed by atoms with Crippen LogP contribution in [0.25, 0.3) is 0 Å². The van der Waals surface area contributed by atoms with Gasteiger partial charge in [-0.3, -0.25) is 4.79 Å². The minimum atomic E-state index is -3.87. The second kappa shape index (κ2) is 10.4. The highest BCUT2D eigenvalue weighted by Gasteiger charge is 2.37. The molecule has 158 valence electrons. The third-order valence-electron chi connectivity index (χ3n) is 5.19. The lowest BCUT2D eigenvalue weighted by atomic mass is 9.77. The van der Waals surface area contributed by atoms with E-state index in [-0.39, 0.29) is 22.6 Å². The van der Waals surface area contributed by atoms with Gasteiger partial charge >= 0.3 is 0 Å². The van der Waals surface area contributed by atoms with Gasteiger partial charge < -0.3 is 5.32 Å². The van der Waals surface area contributed by atoms with Crippen LogP contribution < -0.4 is 10.0 Å². The summed E-state index contributed by atoms with van der Waals surface area (Å²) in [6, 6.07) is 16.9. The van der Waals surface area contributed by atoms with E-state index in [1.165, 1.54) is 12.1 Å². The number of allylic oxidation sites excluding steroid dienone is 4. The molecule has 5 nitrogen and oxygen atoms in total. The smallest absolute Gasteiger partial charge is 0.241 e. The molecule has 0 fully saturated rings. The summed E-state index contributed by atoms with van der Waals surface area (Å²) in [5.74, 6) is -0.663. The van der Waals surface area contributed by atoms with Gasteiger partial charge in [-0.15, -0.1) is 0 Å². The molecule has 30 heavy (non-hydrogen) atoms. The SMILES string of the molecule is CCCNC(=O)[C@@H](NS(=O)(=O)c1ccccc1)C(c1ccccc1)C1C=CC=CC1. The Labute approximate surface area is 179 Å². The van der Waals surface area contributed by atoms with Crippen molar-refractivity contribution in [3.05, 3.63) is 90.5 Å². The lowest BCUT2D eigenvalue weighted by Gasteiger charge is -2.33. The average Bonchev–Trinajstić information content (AvgIpc) is 2.79. The monoisotopic (exact) mass is 424 g/mol. The topological polar surface area (TPSA) is 75.3 Å². The molecule has 3 atom stereocenters.